The van der Waals surface area contributed by atoms with Gasteiger partial charge in [-0.25, -0.2) is 4.89 Å². The number of rotatable bonds is 6. The first-order valence-electron chi connectivity index (χ1n) is 4.89. The highest BCUT2D eigenvalue weighted by molar-refractivity contribution is 6.59. The van der Waals surface area contributed by atoms with Crippen LogP contribution in [-0.4, -0.2) is 30.0 Å². The molecule has 4 nitrogen and oxygen atoms in total. The van der Waals surface area contributed by atoms with E-state index >= 15 is 0 Å². The lowest BCUT2D eigenvalue weighted by Gasteiger charge is -2.08. The third-order valence-electron chi connectivity index (χ3n) is 1.86. The zero-order chi connectivity index (χ0) is 11.1. The van der Waals surface area contributed by atoms with Gasteiger partial charge in [-0.2, -0.15) is 0 Å². The van der Waals surface area contributed by atoms with Gasteiger partial charge in [-0.1, -0.05) is 30.3 Å². The molecule has 0 aliphatic carbocycles. The maximum Gasteiger partial charge on any atom is 0.523 e. The van der Waals surface area contributed by atoms with E-state index < -0.39 is 13.2 Å². The third kappa shape index (κ3) is 4.94. The second-order valence-electron chi connectivity index (χ2n) is 3.32. The summed E-state index contributed by atoms with van der Waals surface area (Å²) in [5.74, 6) is 0. The van der Waals surface area contributed by atoms with Gasteiger partial charge in [0, 0.05) is 0 Å². The molecule has 0 fully saturated rings. The predicted octanol–water partition coefficient (Wildman–Crippen LogP) is 0.0932. The van der Waals surface area contributed by atoms with Crippen molar-refractivity contribution >= 4 is 12.6 Å². The van der Waals surface area contributed by atoms with E-state index in [1.807, 2.05) is 6.07 Å². The Labute approximate surface area is 89.5 Å². The molecular formula is C10H15BO4. The van der Waals surface area contributed by atoms with Gasteiger partial charge in [0.1, 0.15) is 0 Å². The second-order valence-corrected chi connectivity index (χ2v) is 3.32. The van der Waals surface area contributed by atoms with Gasteiger partial charge in [0.15, 0.2) is 0 Å². The van der Waals surface area contributed by atoms with Gasteiger partial charge in [0.25, 0.3) is 0 Å². The Kier molecular flexibility index (Phi) is 5.35. The molecule has 0 spiro atoms. The summed E-state index contributed by atoms with van der Waals surface area (Å²) in [7, 11) is -1.08. The minimum atomic E-state index is -1.08. The summed E-state index contributed by atoms with van der Waals surface area (Å²) < 4.78 is 0. The van der Waals surface area contributed by atoms with E-state index in [1.165, 1.54) is 0 Å². The van der Waals surface area contributed by atoms with Crippen LogP contribution in [0.2, 0.25) is 0 Å². The van der Waals surface area contributed by atoms with Crippen LogP contribution in [0.4, 0.5) is 0 Å². The van der Waals surface area contributed by atoms with E-state index in [9.17, 15) is 5.02 Å². The summed E-state index contributed by atoms with van der Waals surface area (Å²) in [6.07, 6.45) is 0.0454. The van der Waals surface area contributed by atoms with Crippen LogP contribution in [0.3, 0.4) is 0 Å². The van der Waals surface area contributed by atoms with E-state index in [0.29, 0.717) is 11.9 Å². The molecule has 0 bridgehead atoms. The number of hydrogen-bond donors (Lipinski definition) is 2. The second kappa shape index (κ2) is 6.58. The molecular weight excluding hydrogens is 195 g/mol. The molecule has 2 N–H and O–H groups in total. The molecule has 15 heavy (non-hydrogen) atoms. The van der Waals surface area contributed by atoms with E-state index in [0.717, 1.165) is 0 Å². The predicted molar refractivity (Wildman–Crippen MR) is 57.4 cm³/mol. The molecule has 0 radical (unpaired) electrons. The SMILES string of the molecule is CC(O)CCOOB(O)c1ccccc1. The van der Waals surface area contributed by atoms with Gasteiger partial charge >= 0.3 is 7.12 Å². The maximum absolute atomic E-state index is 9.48. The average Bonchev–Trinajstić information content (AvgIpc) is 2.25. The molecule has 1 aromatic carbocycles. The summed E-state index contributed by atoms with van der Waals surface area (Å²) in [6, 6.07) is 8.94. The molecule has 0 heterocycles. The van der Waals surface area contributed by atoms with Crippen LogP contribution < -0.4 is 5.46 Å². The Morgan fingerprint density at radius 3 is 2.60 bits per heavy atom. The molecule has 82 valence electrons. The van der Waals surface area contributed by atoms with Crippen molar-refractivity contribution in [2.24, 2.45) is 0 Å². The lowest BCUT2D eigenvalue weighted by atomic mass is 9.80. The highest BCUT2D eigenvalue weighted by Crippen LogP contribution is 1.93. The highest BCUT2D eigenvalue weighted by Gasteiger charge is 2.16. The zero-order valence-electron chi connectivity index (χ0n) is 8.67. The fourth-order valence-corrected chi connectivity index (χ4v) is 1.00. The van der Waals surface area contributed by atoms with Crippen LogP contribution in [0, 0.1) is 0 Å². The summed E-state index contributed by atoms with van der Waals surface area (Å²) >= 11 is 0. The number of aliphatic hydroxyl groups excluding tert-OH is 1. The number of benzene rings is 1. The standard InChI is InChI=1S/C10H15BO4/c1-9(12)7-8-14-15-11(13)10-5-3-2-4-6-10/h2-6,9,12-13H,7-8H2,1H3. The summed E-state index contributed by atoms with van der Waals surface area (Å²) in [6.45, 7) is 1.92. The van der Waals surface area contributed by atoms with Crippen molar-refractivity contribution in [3.05, 3.63) is 30.3 Å². The first-order valence-corrected chi connectivity index (χ1v) is 4.89. The molecule has 0 saturated heterocycles. The van der Waals surface area contributed by atoms with Crippen molar-refractivity contribution in [2.45, 2.75) is 19.4 Å². The summed E-state index contributed by atoms with van der Waals surface area (Å²) in [5.41, 5.74) is 0.634. The van der Waals surface area contributed by atoms with Crippen LogP contribution >= 0.6 is 0 Å². The zero-order valence-corrected chi connectivity index (χ0v) is 8.67. The third-order valence-corrected chi connectivity index (χ3v) is 1.86. The molecule has 1 rings (SSSR count). The van der Waals surface area contributed by atoms with Crippen molar-refractivity contribution in [2.75, 3.05) is 6.61 Å². The van der Waals surface area contributed by atoms with Crippen molar-refractivity contribution in [1.82, 2.24) is 0 Å². The molecule has 0 amide bonds. The molecule has 0 aliphatic rings. The summed E-state index contributed by atoms with van der Waals surface area (Å²) in [4.78, 5) is 9.47. The number of aliphatic hydroxyl groups is 1. The van der Waals surface area contributed by atoms with Crippen molar-refractivity contribution < 1.29 is 19.8 Å². The maximum atomic E-state index is 9.48. The van der Waals surface area contributed by atoms with Gasteiger partial charge in [-0.3, -0.25) is 4.81 Å². The number of hydrogen-bond acceptors (Lipinski definition) is 4. The van der Waals surface area contributed by atoms with E-state index in [-0.39, 0.29) is 6.61 Å². The largest absolute Gasteiger partial charge is 0.523 e. The van der Waals surface area contributed by atoms with Crippen molar-refractivity contribution in [1.29, 1.82) is 0 Å². The molecule has 1 aromatic rings. The topological polar surface area (TPSA) is 58.9 Å². The Morgan fingerprint density at radius 2 is 2.00 bits per heavy atom. The Hall–Kier alpha value is -0.875. The minimum Gasteiger partial charge on any atom is -0.422 e. The van der Waals surface area contributed by atoms with Crippen LogP contribution in [0.5, 0.6) is 0 Å². The monoisotopic (exact) mass is 210 g/mol. The molecule has 1 atom stereocenters. The first kappa shape index (κ1) is 12.2. The minimum absolute atomic E-state index is 0.252. The Balaban J connectivity index is 2.22. The Bertz CT molecular complexity index is 265. The quantitative estimate of drug-likeness (QED) is 0.302. The highest BCUT2D eigenvalue weighted by atomic mass is 17.2. The van der Waals surface area contributed by atoms with E-state index in [2.05, 4.69) is 0 Å². The van der Waals surface area contributed by atoms with E-state index in [4.69, 9.17) is 14.8 Å². The molecule has 5 heteroatoms. The van der Waals surface area contributed by atoms with Gasteiger partial charge in [0.2, 0.25) is 0 Å². The van der Waals surface area contributed by atoms with Gasteiger partial charge < -0.3 is 10.1 Å². The lowest BCUT2D eigenvalue weighted by molar-refractivity contribution is -0.224. The van der Waals surface area contributed by atoms with Gasteiger partial charge in [-0.05, 0) is 18.8 Å². The lowest BCUT2D eigenvalue weighted by Crippen LogP contribution is -2.33. The average molecular weight is 210 g/mol. The molecule has 0 aliphatic heterocycles. The van der Waals surface area contributed by atoms with Crippen LogP contribution in [0.15, 0.2) is 30.3 Å². The van der Waals surface area contributed by atoms with Gasteiger partial charge in [-0.15, -0.1) is 0 Å². The molecule has 0 aromatic heterocycles. The van der Waals surface area contributed by atoms with Gasteiger partial charge in [0.05, 0.1) is 12.7 Å². The van der Waals surface area contributed by atoms with Crippen LogP contribution in [-0.2, 0) is 9.69 Å². The van der Waals surface area contributed by atoms with E-state index in [1.54, 1.807) is 31.2 Å². The normalized spacial score (nSPS) is 12.5. The van der Waals surface area contributed by atoms with Crippen LogP contribution in [0.1, 0.15) is 13.3 Å². The first-order chi connectivity index (χ1) is 7.20. The molecule has 1 unspecified atom stereocenters. The van der Waals surface area contributed by atoms with Crippen LogP contribution in [0.25, 0.3) is 0 Å². The fourth-order valence-electron chi connectivity index (χ4n) is 1.00. The Morgan fingerprint density at radius 1 is 1.33 bits per heavy atom. The van der Waals surface area contributed by atoms with Crippen molar-refractivity contribution in [3.63, 3.8) is 0 Å². The smallest absolute Gasteiger partial charge is 0.422 e. The summed E-state index contributed by atoms with van der Waals surface area (Å²) in [5, 5.41) is 18.4. The fraction of sp³-hybridized carbons (Fsp3) is 0.400. The van der Waals surface area contributed by atoms with Crippen molar-refractivity contribution in [3.8, 4) is 0 Å². The molecule has 0 saturated carbocycles.